The highest BCUT2D eigenvalue weighted by molar-refractivity contribution is 5.91. The monoisotopic (exact) mass is 248 g/mol. The summed E-state index contributed by atoms with van der Waals surface area (Å²) in [6.07, 6.45) is 0.429. The molecule has 0 aliphatic rings. The highest BCUT2D eigenvalue weighted by Crippen LogP contribution is 2.24. The van der Waals surface area contributed by atoms with E-state index in [0.29, 0.717) is 17.8 Å². The van der Waals surface area contributed by atoms with E-state index in [1.165, 1.54) is 0 Å². The van der Waals surface area contributed by atoms with Crippen LogP contribution in [-0.4, -0.2) is 15.7 Å². The molecular weight excluding hydrogens is 228 g/mol. The van der Waals surface area contributed by atoms with Crippen molar-refractivity contribution in [2.24, 2.45) is 13.0 Å². The molecule has 5 nitrogen and oxygen atoms in total. The number of rotatable bonds is 4. The number of aryl methyl sites for hydroxylation is 1. The van der Waals surface area contributed by atoms with E-state index in [9.17, 15) is 10.1 Å². The highest BCUT2D eigenvalue weighted by Gasteiger charge is 2.20. The predicted molar refractivity (Wildman–Crippen MR) is 70.1 cm³/mol. The molecule has 0 saturated heterocycles. The lowest BCUT2D eigenvalue weighted by atomic mass is 10.1. The molecule has 1 amide bonds. The number of hydrogen-bond donors (Lipinski definition) is 1. The molecule has 0 atom stereocenters. The Morgan fingerprint density at radius 2 is 2.06 bits per heavy atom. The molecule has 0 saturated carbocycles. The Bertz CT molecular complexity index is 480. The largest absolute Gasteiger partial charge is 0.308 e. The molecular formula is C13H20N4O. The Hall–Kier alpha value is -1.83. The molecule has 0 unspecified atom stereocenters. The molecule has 1 heterocycles. The fourth-order valence-corrected chi connectivity index (χ4v) is 1.95. The van der Waals surface area contributed by atoms with Crippen LogP contribution in [0.4, 0.5) is 5.82 Å². The molecule has 1 N–H and O–H groups in total. The topological polar surface area (TPSA) is 70.7 Å². The zero-order chi connectivity index (χ0) is 13.9. The van der Waals surface area contributed by atoms with Crippen LogP contribution in [0.5, 0.6) is 0 Å². The van der Waals surface area contributed by atoms with Crippen molar-refractivity contribution in [1.29, 1.82) is 5.26 Å². The second-order valence-electron chi connectivity index (χ2n) is 5.15. The van der Waals surface area contributed by atoms with Gasteiger partial charge in [0.2, 0.25) is 5.91 Å². The third kappa shape index (κ3) is 3.10. The highest BCUT2D eigenvalue weighted by atomic mass is 16.1. The molecule has 0 spiro atoms. The number of nitrogens with one attached hydrogen (secondary N) is 1. The van der Waals surface area contributed by atoms with E-state index < -0.39 is 0 Å². The van der Waals surface area contributed by atoms with E-state index in [0.717, 1.165) is 5.69 Å². The summed E-state index contributed by atoms with van der Waals surface area (Å²) in [5.41, 5.74) is 1.31. The first-order chi connectivity index (χ1) is 8.36. The Labute approximate surface area is 108 Å². The zero-order valence-electron chi connectivity index (χ0n) is 11.6. The number of nitriles is 1. The van der Waals surface area contributed by atoms with Gasteiger partial charge in [0.25, 0.3) is 0 Å². The molecule has 0 bridgehead atoms. The van der Waals surface area contributed by atoms with Gasteiger partial charge in [0, 0.05) is 13.5 Å². The summed E-state index contributed by atoms with van der Waals surface area (Å²) in [4.78, 5) is 11.7. The van der Waals surface area contributed by atoms with Crippen LogP contribution in [0.3, 0.4) is 0 Å². The van der Waals surface area contributed by atoms with Gasteiger partial charge in [-0.3, -0.25) is 9.48 Å². The maximum Gasteiger partial charge on any atom is 0.225 e. The molecule has 1 rings (SSSR count). The van der Waals surface area contributed by atoms with Gasteiger partial charge < -0.3 is 5.32 Å². The Morgan fingerprint density at radius 1 is 1.44 bits per heavy atom. The van der Waals surface area contributed by atoms with Crippen molar-refractivity contribution in [3.63, 3.8) is 0 Å². The zero-order valence-corrected chi connectivity index (χ0v) is 11.6. The third-order valence-corrected chi connectivity index (χ3v) is 2.60. The van der Waals surface area contributed by atoms with Crippen LogP contribution in [0.1, 0.15) is 51.3 Å². The first-order valence-electron chi connectivity index (χ1n) is 6.13. The maximum atomic E-state index is 11.7. The standard InChI is InChI=1S/C13H20N4O/c1-8(2)6-11(18)15-13-10(7-14)12(9(3)4)17(5)16-13/h8-9H,6H2,1-5H3,(H,15,16,18). The molecule has 0 radical (unpaired) electrons. The Morgan fingerprint density at radius 3 is 2.50 bits per heavy atom. The smallest absolute Gasteiger partial charge is 0.225 e. The average molecular weight is 248 g/mol. The van der Waals surface area contributed by atoms with Gasteiger partial charge in [0.05, 0.1) is 5.69 Å². The van der Waals surface area contributed by atoms with E-state index in [2.05, 4.69) is 16.5 Å². The summed E-state index contributed by atoms with van der Waals surface area (Å²) in [6.45, 7) is 7.95. The summed E-state index contributed by atoms with van der Waals surface area (Å²) in [7, 11) is 1.79. The number of carbonyl (C=O) groups is 1. The minimum Gasteiger partial charge on any atom is -0.308 e. The van der Waals surface area contributed by atoms with Crippen molar-refractivity contribution < 1.29 is 4.79 Å². The van der Waals surface area contributed by atoms with Gasteiger partial charge in [-0.15, -0.1) is 0 Å². The first-order valence-corrected chi connectivity index (χ1v) is 6.13. The molecule has 0 aliphatic heterocycles. The van der Waals surface area contributed by atoms with Gasteiger partial charge >= 0.3 is 0 Å². The van der Waals surface area contributed by atoms with Gasteiger partial charge in [0.1, 0.15) is 11.6 Å². The Kier molecular flexibility index (Phi) is 4.49. The number of carbonyl (C=O) groups excluding carboxylic acids is 1. The SMILES string of the molecule is CC(C)CC(=O)Nc1nn(C)c(C(C)C)c1C#N. The van der Waals surface area contributed by atoms with Crippen LogP contribution in [0.25, 0.3) is 0 Å². The van der Waals surface area contributed by atoms with Crippen molar-refractivity contribution in [2.45, 2.75) is 40.0 Å². The van der Waals surface area contributed by atoms with Gasteiger partial charge in [-0.1, -0.05) is 27.7 Å². The molecule has 1 aromatic heterocycles. The fraction of sp³-hybridized carbons (Fsp3) is 0.615. The second-order valence-corrected chi connectivity index (χ2v) is 5.15. The number of aromatic nitrogens is 2. The summed E-state index contributed by atoms with van der Waals surface area (Å²) in [5, 5.41) is 16.1. The molecule has 0 aromatic carbocycles. The van der Waals surface area contributed by atoms with Crippen LogP contribution < -0.4 is 5.32 Å². The minimum atomic E-state index is -0.102. The number of anilines is 1. The summed E-state index contributed by atoms with van der Waals surface area (Å²) in [6, 6.07) is 2.13. The average Bonchev–Trinajstić information content (AvgIpc) is 2.52. The van der Waals surface area contributed by atoms with E-state index in [-0.39, 0.29) is 17.7 Å². The van der Waals surface area contributed by atoms with Crippen LogP contribution >= 0.6 is 0 Å². The van der Waals surface area contributed by atoms with Crippen molar-refractivity contribution in [3.05, 3.63) is 11.3 Å². The second kappa shape index (κ2) is 5.67. The van der Waals surface area contributed by atoms with Crippen molar-refractivity contribution in [3.8, 4) is 6.07 Å². The van der Waals surface area contributed by atoms with Crippen LogP contribution in [0, 0.1) is 17.2 Å². The molecule has 18 heavy (non-hydrogen) atoms. The van der Waals surface area contributed by atoms with Crippen LogP contribution in [0.15, 0.2) is 0 Å². The van der Waals surface area contributed by atoms with Crippen molar-refractivity contribution in [1.82, 2.24) is 9.78 Å². The Balaban J connectivity index is 3.01. The fourth-order valence-electron chi connectivity index (χ4n) is 1.95. The van der Waals surface area contributed by atoms with Crippen LogP contribution in [-0.2, 0) is 11.8 Å². The lowest BCUT2D eigenvalue weighted by molar-refractivity contribution is -0.116. The normalized spacial score (nSPS) is 10.8. The number of hydrogen-bond acceptors (Lipinski definition) is 3. The van der Waals surface area contributed by atoms with Gasteiger partial charge in [-0.25, -0.2) is 0 Å². The van der Waals surface area contributed by atoms with E-state index >= 15 is 0 Å². The summed E-state index contributed by atoms with van der Waals surface area (Å²) < 4.78 is 1.66. The van der Waals surface area contributed by atoms with Gasteiger partial charge in [-0.2, -0.15) is 10.4 Å². The van der Waals surface area contributed by atoms with E-state index in [1.807, 2.05) is 27.7 Å². The van der Waals surface area contributed by atoms with Gasteiger partial charge in [0.15, 0.2) is 5.82 Å². The molecule has 5 heteroatoms. The summed E-state index contributed by atoms with van der Waals surface area (Å²) >= 11 is 0. The lowest BCUT2D eigenvalue weighted by Crippen LogP contribution is -2.15. The third-order valence-electron chi connectivity index (χ3n) is 2.60. The van der Waals surface area contributed by atoms with E-state index in [1.54, 1.807) is 11.7 Å². The quantitative estimate of drug-likeness (QED) is 0.889. The van der Waals surface area contributed by atoms with Crippen molar-refractivity contribution in [2.75, 3.05) is 5.32 Å². The predicted octanol–water partition coefficient (Wildman–Crippen LogP) is 2.40. The molecule has 1 aromatic rings. The van der Waals surface area contributed by atoms with Gasteiger partial charge in [-0.05, 0) is 11.8 Å². The lowest BCUT2D eigenvalue weighted by Gasteiger charge is -2.05. The molecule has 0 fully saturated rings. The first kappa shape index (κ1) is 14.2. The maximum absolute atomic E-state index is 11.7. The molecule has 0 aliphatic carbocycles. The number of nitrogens with zero attached hydrogens (tertiary/aromatic N) is 3. The van der Waals surface area contributed by atoms with Crippen molar-refractivity contribution >= 4 is 11.7 Å². The van der Waals surface area contributed by atoms with Crippen LogP contribution in [0.2, 0.25) is 0 Å². The molecule has 98 valence electrons. The minimum absolute atomic E-state index is 0.102. The summed E-state index contributed by atoms with van der Waals surface area (Å²) in [5.74, 6) is 0.737. The van der Waals surface area contributed by atoms with E-state index in [4.69, 9.17) is 0 Å². The number of amides is 1.